The van der Waals surface area contributed by atoms with Gasteiger partial charge in [0.2, 0.25) is 11.8 Å². The van der Waals surface area contributed by atoms with Crippen LogP contribution in [0.15, 0.2) is 53.7 Å². The Morgan fingerprint density at radius 3 is 2.00 bits per heavy atom. The zero-order valence-corrected chi connectivity index (χ0v) is 28.8. The first-order valence-electron chi connectivity index (χ1n) is 17.2. The van der Waals surface area contributed by atoms with Crippen molar-refractivity contribution in [1.29, 1.82) is 0 Å². The van der Waals surface area contributed by atoms with Gasteiger partial charge in [0, 0.05) is 55.5 Å². The minimum atomic E-state index is 0.0661. The summed E-state index contributed by atoms with van der Waals surface area (Å²) in [7, 11) is 0. The summed E-state index contributed by atoms with van der Waals surface area (Å²) in [4.78, 5) is 29.9. The molecule has 2 amide bonds. The summed E-state index contributed by atoms with van der Waals surface area (Å²) in [6, 6.07) is 16.8. The molecule has 1 aromatic heterocycles. The van der Waals surface area contributed by atoms with Crippen molar-refractivity contribution in [3.05, 3.63) is 59.7 Å². The van der Waals surface area contributed by atoms with E-state index in [1.54, 1.807) is 11.8 Å². The molecule has 45 heavy (non-hydrogen) atoms. The Morgan fingerprint density at radius 1 is 0.756 bits per heavy atom. The van der Waals surface area contributed by atoms with Gasteiger partial charge < -0.3 is 9.80 Å². The van der Waals surface area contributed by atoms with Crippen molar-refractivity contribution >= 4 is 23.6 Å². The highest BCUT2D eigenvalue weighted by atomic mass is 32.2. The van der Waals surface area contributed by atoms with Gasteiger partial charge >= 0.3 is 0 Å². The van der Waals surface area contributed by atoms with Crippen LogP contribution >= 0.6 is 11.8 Å². The van der Waals surface area contributed by atoms with Crippen molar-refractivity contribution < 1.29 is 9.59 Å². The molecule has 1 aliphatic heterocycles. The number of hydrogen-bond donors (Lipinski definition) is 0. The predicted molar refractivity (Wildman–Crippen MR) is 186 cm³/mol. The van der Waals surface area contributed by atoms with Gasteiger partial charge in [-0.2, -0.15) is 0 Å². The second kappa shape index (κ2) is 18.1. The number of thioether (sulfide) groups is 1. The van der Waals surface area contributed by atoms with Gasteiger partial charge in [-0.3, -0.25) is 14.2 Å². The summed E-state index contributed by atoms with van der Waals surface area (Å²) < 4.78 is 2.11. The zero-order valence-electron chi connectivity index (χ0n) is 28.0. The van der Waals surface area contributed by atoms with E-state index in [1.807, 2.05) is 9.80 Å². The minimum absolute atomic E-state index is 0.0661. The topological polar surface area (TPSA) is 71.3 Å². The Kier molecular flexibility index (Phi) is 14.0. The van der Waals surface area contributed by atoms with E-state index in [9.17, 15) is 9.59 Å². The lowest BCUT2D eigenvalue weighted by molar-refractivity contribution is -0.142. The predicted octanol–water partition coefficient (Wildman–Crippen LogP) is 8.40. The third kappa shape index (κ3) is 10.5. The molecule has 1 unspecified atom stereocenters. The van der Waals surface area contributed by atoms with E-state index in [0.717, 1.165) is 47.2 Å². The number of amides is 2. The summed E-state index contributed by atoms with van der Waals surface area (Å²) in [5.41, 5.74) is 4.46. The van der Waals surface area contributed by atoms with Crippen LogP contribution in [-0.4, -0.2) is 67.8 Å². The van der Waals surface area contributed by atoms with Crippen molar-refractivity contribution in [1.82, 2.24) is 24.6 Å². The van der Waals surface area contributed by atoms with Crippen molar-refractivity contribution in [3.8, 4) is 17.1 Å². The molecule has 1 fully saturated rings. The zero-order chi connectivity index (χ0) is 32.0. The van der Waals surface area contributed by atoms with Crippen molar-refractivity contribution in [3.63, 3.8) is 0 Å². The number of nitrogens with zero attached hydrogens (tertiary/aromatic N) is 5. The van der Waals surface area contributed by atoms with Gasteiger partial charge in [0.25, 0.3) is 0 Å². The Hall–Kier alpha value is -3.13. The highest BCUT2D eigenvalue weighted by molar-refractivity contribution is 7.99. The molecule has 8 heteroatoms. The van der Waals surface area contributed by atoms with Crippen LogP contribution in [-0.2, 0) is 9.59 Å². The molecule has 3 aromatic rings. The molecule has 244 valence electrons. The van der Waals surface area contributed by atoms with E-state index < -0.39 is 0 Å². The molecule has 1 saturated heterocycles. The Morgan fingerprint density at radius 2 is 1.36 bits per heavy atom. The van der Waals surface area contributed by atoms with E-state index in [0.29, 0.717) is 32.5 Å². The van der Waals surface area contributed by atoms with E-state index in [1.165, 1.54) is 56.1 Å². The minimum Gasteiger partial charge on any atom is -0.339 e. The van der Waals surface area contributed by atoms with Crippen LogP contribution in [0.2, 0.25) is 0 Å². The van der Waals surface area contributed by atoms with Crippen molar-refractivity contribution in [2.24, 2.45) is 0 Å². The van der Waals surface area contributed by atoms with E-state index in [2.05, 4.69) is 91.0 Å². The fourth-order valence-electron chi connectivity index (χ4n) is 6.01. The molecular weight excluding hydrogens is 579 g/mol. The molecule has 0 aliphatic carbocycles. The molecule has 0 saturated carbocycles. The number of aryl methyl sites for hydroxylation is 2. The summed E-state index contributed by atoms with van der Waals surface area (Å²) in [6.45, 7) is 10.4. The normalized spacial score (nSPS) is 15.1. The maximum atomic E-state index is 13.1. The standard InChI is InChI=1S/C37H53N5O2S/c1-5-6-7-8-9-10-11-12-13-15-35(44)41-26-25-40(28-31(41)4)34(43)16-14-27-45-37-39-38-36(32-21-17-29(2)18-22-32)42(37)33-23-19-30(3)20-24-33/h17-24,31H,5-16,25-28H2,1-4H3. The number of carbonyl (C=O) groups excluding carboxylic acids is 2. The average Bonchev–Trinajstić information content (AvgIpc) is 3.46. The van der Waals surface area contributed by atoms with Gasteiger partial charge in [0.1, 0.15) is 0 Å². The maximum absolute atomic E-state index is 13.1. The van der Waals surface area contributed by atoms with Gasteiger partial charge in [-0.1, -0.05) is 118 Å². The van der Waals surface area contributed by atoms with Gasteiger partial charge in [0.15, 0.2) is 11.0 Å². The first kappa shape index (κ1) is 34.7. The van der Waals surface area contributed by atoms with E-state index in [-0.39, 0.29) is 17.9 Å². The number of hydrogen-bond acceptors (Lipinski definition) is 5. The van der Waals surface area contributed by atoms with Crippen LogP contribution in [0.3, 0.4) is 0 Å². The van der Waals surface area contributed by atoms with Gasteiger partial charge in [-0.05, 0) is 45.7 Å². The molecule has 4 rings (SSSR count). The second-order valence-corrected chi connectivity index (χ2v) is 13.7. The number of piperazine rings is 1. The lowest BCUT2D eigenvalue weighted by Gasteiger charge is -2.40. The Balaban J connectivity index is 1.20. The molecule has 7 nitrogen and oxygen atoms in total. The van der Waals surface area contributed by atoms with Crippen LogP contribution in [0.1, 0.15) is 102 Å². The third-order valence-electron chi connectivity index (χ3n) is 8.80. The lowest BCUT2D eigenvalue weighted by atomic mass is 10.1. The Labute approximate surface area is 275 Å². The summed E-state index contributed by atoms with van der Waals surface area (Å²) in [5.74, 6) is 2.01. The number of rotatable bonds is 17. The molecule has 0 bridgehead atoms. The first-order chi connectivity index (χ1) is 21.9. The molecule has 1 atom stereocenters. The summed E-state index contributed by atoms with van der Waals surface area (Å²) in [5, 5.41) is 9.94. The van der Waals surface area contributed by atoms with Crippen molar-refractivity contribution in [2.45, 2.75) is 116 Å². The Bertz CT molecular complexity index is 1340. The van der Waals surface area contributed by atoms with Gasteiger partial charge in [-0.25, -0.2) is 0 Å². The maximum Gasteiger partial charge on any atom is 0.222 e. The largest absolute Gasteiger partial charge is 0.339 e. The van der Waals surface area contributed by atoms with E-state index >= 15 is 0 Å². The second-order valence-electron chi connectivity index (χ2n) is 12.6. The fraction of sp³-hybridized carbons (Fsp3) is 0.568. The highest BCUT2D eigenvalue weighted by Crippen LogP contribution is 2.29. The number of unbranched alkanes of at least 4 members (excludes halogenated alkanes) is 8. The molecular formula is C37H53N5O2S. The molecule has 0 N–H and O–H groups in total. The van der Waals surface area contributed by atoms with Crippen LogP contribution in [0.5, 0.6) is 0 Å². The summed E-state index contributed by atoms with van der Waals surface area (Å²) in [6.07, 6.45) is 13.2. The SMILES string of the molecule is CCCCCCCCCCCC(=O)N1CCN(C(=O)CCCSc2nnc(-c3ccc(C)cc3)n2-c2ccc(C)cc2)CC1C. The molecule has 1 aliphatic rings. The van der Waals surface area contributed by atoms with Crippen LogP contribution in [0, 0.1) is 13.8 Å². The summed E-state index contributed by atoms with van der Waals surface area (Å²) >= 11 is 1.64. The monoisotopic (exact) mass is 631 g/mol. The van der Waals surface area contributed by atoms with E-state index in [4.69, 9.17) is 0 Å². The molecule has 2 heterocycles. The third-order valence-corrected chi connectivity index (χ3v) is 9.81. The smallest absolute Gasteiger partial charge is 0.222 e. The molecule has 0 radical (unpaired) electrons. The van der Waals surface area contributed by atoms with Gasteiger partial charge in [-0.15, -0.1) is 10.2 Å². The molecule has 0 spiro atoms. The first-order valence-corrected chi connectivity index (χ1v) is 18.2. The quantitative estimate of drug-likeness (QED) is 0.111. The van der Waals surface area contributed by atoms with Crippen LogP contribution in [0.25, 0.3) is 17.1 Å². The van der Waals surface area contributed by atoms with Crippen LogP contribution < -0.4 is 0 Å². The average molecular weight is 632 g/mol. The van der Waals surface area contributed by atoms with Crippen molar-refractivity contribution in [2.75, 3.05) is 25.4 Å². The van der Waals surface area contributed by atoms with Gasteiger partial charge in [0.05, 0.1) is 0 Å². The van der Waals surface area contributed by atoms with Crippen LogP contribution in [0.4, 0.5) is 0 Å². The fourth-order valence-corrected chi connectivity index (χ4v) is 6.90. The lowest BCUT2D eigenvalue weighted by Crippen LogP contribution is -2.55. The molecule has 2 aromatic carbocycles. The highest BCUT2D eigenvalue weighted by Gasteiger charge is 2.29. The number of benzene rings is 2. The number of carbonyl (C=O) groups is 2. The number of aromatic nitrogens is 3.